The minimum atomic E-state index is -0.145. The topological polar surface area (TPSA) is 73.2 Å². The summed E-state index contributed by atoms with van der Waals surface area (Å²) < 4.78 is 7.10. The van der Waals surface area contributed by atoms with E-state index < -0.39 is 0 Å². The normalized spacial score (nSPS) is 17.7. The summed E-state index contributed by atoms with van der Waals surface area (Å²) in [4.78, 5) is 29.5. The van der Waals surface area contributed by atoms with Crippen molar-refractivity contribution in [2.24, 2.45) is 0 Å². The van der Waals surface area contributed by atoms with Gasteiger partial charge in [0.25, 0.3) is 11.5 Å². The van der Waals surface area contributed by atoms with Crippen molar-refractivity contribution in [3.63, 3.8) is 0 Å². The van der Waals surface area contributed by atoms with Crippen molar-refractivity contribution in [3.8, 4) is 5.69 Å². The first kappa shape index (κ1) is 17.4. The molecule has 2 aromatic carbocycles. The van der Waals surface area contributed by atoms with Crippen molar-refractivity contribution >= 4 is 16.8 Å². The number of hydrogen-bond donors (Lipinski definition) is 1. The Balaban J connectivity index is 1.54. The highest BCUT2D eigenvalue weighted by Gasteiger charge is 2.23. The van der Waals surface area contributed by atoms with Crippen LogP contribution in [0.4, 0.5) is 0 Å². The SMILES string of the molecule is CC(NC(=O)c1ccc(-n2cnc3ccccc3c2=O)cc1)C1CCCO1. The van der Waals surface area contributed by atoms with Crippen molar-refractivity contribution in [3.05, 3.63) is 70.8 Å². The van der Waals surface area contributed by atoms with E-state index >= 15 is 0 Å². The first-order valence-electron chi connectivity index (χ1n) is 9.13. The van der Waals surface area contributed by atoms with E-state index in [9.17, 15) is 9.59 Å². The zero-order chi connectivity index (χ0) is 18.8. The molecule has 1 aromatic heterocycles. The molecule has 2 atom stereocenters. The number of fused-ring (bicyclic) bond motifs is 1. The van der Waals surface area contributed by atoms with Gasteiger partial charge in [0.05, 0.1) is 28.7 Å². The number of aromatic nitrogens is 2. The van der Waals surface area contributed by atoms with Gasteiger partial charge in [0, 0.05) is 12.2 Å². The van der Waals surface area contributed by atoms with Crippen LogP contribution < -0.4 is 10.9 Å². The van der Waals surface area contributed by atoms with Gasteiger partial charge in [0.2, 0.25) is 0 Å². The Morgan fingerprint density at radius 3 is 2.74 bits per heavy atom. The molecule has 1 fully saturated rings. The second-order valence-electron chi connectivity index (χ2n) is 6.80. The van der Waals surface area contributed by atoms with Gasteiger partial charge in [-0.3, -0.25) is 14.2 Å². The maximum absolute atomic E-state index is 12.7. The summed E-state index contributed by atoms with van der Waals surface area (Å²) >= 11 is 0. The Labute approximate surface area is 156 Å². The number of para-hydroxylation sites is 1. The molecule has 2 unspecified atom stereocenters. The molecule has 138 valence electrons. The molecule has 0 spiro atoms. The van der Waals surface area contributed by atoms with E-state index in [2.05, 4.69) is 10.3 Å². The number of amides is 1. The minimum absolute atomic E-state index is 0.0352. The third kappa shape index (κ3) is 3.48. The maximum Gasteiger partial charge on any atom is 0.265 e. The molecule has 0 aliphatic carbocycles. The Bertz CT molecular complexity index is 1020. The summed E-state index contributed by atoms with van der Waals surface area (Å²) in [7, 11) is 0. The second kappa shape index (κ2) is 7.32. The smallest absolute Gasteiger partial charge is 0.265 e. The van der Waals surface area contributed by atoms with Crippen molar-refractivity contribution in [2.45, 2.75) is 31.9 Å². The molecule has 6 nitrogen and oxygen atoms in total. The van der Waals surface area contributed by atoms with Gasteiger partial charge >= 0.3 is 0 Å². The third-order valence-electron chi connectivity index (χ3n) is 4.95. The van der Waals surface area contributed by atoms with E-state index in [1.54, 1.807) is 30.3 Å². The van der Waals surface area contributed by atoms with Crippen LogP contribution in [0.2, 0.25) is 0 Å². The van der Waals surface area contributed by atoms with Gasteiger partial charge < -0.3 is 10.1 Å². The summed E-state index contributed by atoms with van der Waals surface area (Å²) in [5.74, 6) is -0.145. The number of benzene rings is 2. The lowest BCUT2D eigenvalue weighted by molar-refractivity contribution is 0.0712. The van der Waals surface area contributed by atoms with Crippen LogP contribution in [0.1, 0.15) is 30.1 Å². The van der Waals surface area contributed by atoms with Gasteiger partial charge in [-0.2, -0.15) is 0 Å². The van der Waals surface area contributed by atoms with Crippen molar-refractivity contribution in [2.75, 3.05) is 6.61 Å². The number of ether oxygens (including phenoxy) is 1. The molecule has 1 N–H and O–H groups in total. The van der Waals surface area contributed by atoms with Gasteiger partial charge in [-0.1, -0.05) is 12.1 Å². The van der Waals surface area contributed by atoms with Crippen LogP contribution >= 0.6 is 0 Å². The zero-order valence-corrected chi connectivity index (χ0v) is 15.1. The van der Waals surface area contributed by atoms with E-state index in [0.29, 0.717) is 22.2 Å². The van der Waals surface area contributed by atoms with Gasteiger partial charge in [0.15, 0.2) is 0 Å². The van der Waals surface area contributed by atoms with Crippen molar-refractivity contribution in [1.82, 2.24) is 14.9 Å². The highest BCUT2D eigenvalue weighted by Crippen LogP contribution is 2.16. The third-order valence-corrected chi connectivity index (χ3v) is 4.95. The molecule has 1 amide bonds. The highest BCUT2D eigenvalue weighted by molar-refractivity contribution is 5.94. The fourth-order valence-corrected chi connectivity index (χ4v) is 3.41. The number of carbonyl (C=O) groups is 1. The second-order valence-corrected chi connectivity index (χ2v) is 6.80. The van der Waals surface area contributed by atoms with Crippen LogP contribution in [-0.4, -0.2) is 34.2 Å². The molecule has 0 radical (unpaired) electrons. The number of hydrogen-bond acceptors (Lipinski definition) is 4. The minimum Gasteiger partial charge on any atom is -0.376 e. The predicted octanol–water partition coefficient (Wildman–Crippen LogP) is 2.68. The standard InChI is InChI=1S/C21H21N3O3/c1-14(19-7-4-12-27-19)23-20(25)15-8-10-16(11-9-15)24-13-22-18-6-3-2-5-17(18)21(24)26/h2-3,5-6,8-11,13-14,19H,4,7,12H2,1H3,(H,23,25). The van der Waals surface area contributed by atoms with E-state index in [1.807, 2.05) is 25.1 Å². The maximum atomic E-state index is 12.7. The quantitative estimate of drug-likeness (QED) is 0.773. The van der Waals surface area contributed by atoms with Crippen LogP contribution in [0.15, 0.2) is 59.7 Å². The Morgan fingerprint density at radius 1 is 1.22 bits per heavy atom. The lowest BCUT2D eigenvalue weighted by Gasteiger charge is -2.20. The summed E-state index contributed by atoms with van der Waals surface area (Å²) in [6, 6.07) is 14.1. The van der Waals surface area contributed by atoms with Crippen LogP contribution in [0.25, 0.3) is 16.6 Å². The molecule has 2 heterocycles. The highest BCUT2D eigenvalue weighted by atomic mass is 16.5. The monoisotopic (exact) mass is 363 g/mol. The summed E-state index contributed by atoms with van der Waals surface area (Å²) in [6.07, 6.45) is 3.60. The van der Waals surface area contributed by atoms with Gasteiger partial charge in [-0.25, -0.2) is 4.98 Å². The van der Waals surface area contributed by atoms with Crippen LogP contribution in [0.3, 0.4) is 0 Å². The molecule has 0 saturated carbocycles. The van der Waals surface area contributed by atoms with Crippen LogP contribution in [-0.2, 0) is 4.74 Å². The van der Waals surface area contributed by atoms with Gasteiger partial charge in [-0.15, -0.1) is 0 Å². The van der Waals surface area contributed by atoms with E-state index in [1.165, 1.54) is 10.9 Å². The predicted molar refractivity (Wildman–Crippen MR) is 103 cm³/mol. The molecule has 1 saturated heterocycles. The van der Waals surface area contributed by atoms with E-state index in [4.69, 9.17) is 4.74 Å². The fourth-order valence-electron chi connectivity index (χ4n) is 3.41. The lowest BCUT2D eigenvalue weighted by Crippen LogP contribution is -2.40. The molecule has 3 aromatic rings. The van der Waals surface area contributed by atoms with Gasteiger partial charge in [0.1, 0.15) is 6.33 Å². The summed E-state index contributed by atoms with van der Waals surface area (Å²) in [5.41, 5.74) is 1.75. The first-order chi connectivity index (χ1) is 13.1. The molecule has 1 aliphatic heterocycles. The van der Waals surface area contributed by atoms with Gasteiger partial charge in [-0.05, 0) is 56.2 Å². The molecule has 27 heavy (non-hydrogen) atoms. The number of nitrogens with one attached hydrogen (secondary N) is 1. The lowest BCUT2D eigenvalue weighted by atomic mass is 10.1. The average Bonchev–Trinajstić information content (AvgIpc) is 3.24. The molecule has 6 heteroatoms. The molecule has 4 rings (SSSR count). The Kier molecular flexibility index (Phi) is 4.73. The average molecular weight is 363 g/mol. The van der Waals surface area contributed by atoms with E-state index in [0.717, 1.165) is 19.4 Å². The zero-order valence-electron chi connectivity index (χ0n) is 15.1. The number of rotatable bonds is 4. The Hall–Kier alpha value is -2.99. The molecule has 1 aliphatic rings. The number of carbonyl (C=O) groups excluding carboxylic acids is 1. The van der Waals surface area contributed by atoms with E-state index in [-0.39, 0.29) is 23.6 Å². The number of nitrogens with zero attached hydrogens (tertiary/aromatic N) is 2. The summed E-state index contributed by atoms with van der Waals surface area (Å²) in [6.45, 7) is 2.72. The largest absolute Gasteiger partial charge is 0.376 e. The fraction of sp³-hybridized carbons (Fsp3) is 0.286. The van der Waals surface area contributed by atoms with Crippen LogP contribution in [0.5, 0.6) is 0 Å². The van der Waals surface area contributed by atoms with Crippen LogP contribution in [0, 0.1) is 0 Å². The van der Waals surface area contributed by atoms with Crippen molar-refractivity contribution < 1.29 is 9.53 Å². The molecule has 0 bridgehead atoms. The first-order valence-corrected chi connectivity index (χ1v) is 9.13. The van der Waals surface area contributed by atoms with Crippen molar-refractivity contribution in [1.29, 1.82) is 0 Å². The molecular weight excluding hydrogens is 342 g/mol. The Morgan fingerprint density at radius 2 is 2.00 bits per heavy atom. The molecular formula is C21H21N3O3. The summed E-state index contributed by atoms with van der Waals surface area (Å²) in [5, 5.41) is 3.55.